The van der Waals surface area contributed by atoms with E-state index in [9.17, 15) is 4.79 Å². The van der Waals surface area contributed by atoms with Crippen LogP contribution < -0.4 is 5.73 Å². The quantitative estimate of drug-likeness (QED) is 0.781. The lowest BCUT2D eigenvalue weighted by Gasteiger charge is -2.20. The van der Waals surface area contributed by atoms with Gasteiger partial charge >= 0.3 is 0 Å². The lowest BCUT2D eigenvalue weighted by atomic mass is 9.96. The van der Waals surface area contributed by atoms with Crippen molar-refractivity contribution in [2.75, 3.05) is 19.6 Å². The first-order valence-corrected chi connectivity index (χ1v) is 6.75. The summed E-state index contributed by atoms with van der Waals surface area (Å²) in [5, 5.41) is 0. The van der Waals surface area contributed by atoms with Crippen molar-refractivity contribution in [2.24, 2.45) is 11.7 Å². The van der Waals surface area contributed by atoms with E-state index in [2.05, 4.69) is 6.92 Å². The third-order valence-corrected chi connectivity index (χ3v) is 3.49. The largest absolute Gasteiger partial charge is 0.343 e. The Labute approximate surface area is 99.4 Å². The van der Waals surface area contributed by atoms with Crippen LogP contribution in [0.2, 0.25) is 0 Å². The van der Waals surface area contributed by atoms with Gasteiger partial charge in [0.15, 0.2) is 0 Å². The summed E-state index contributed by atoms with van der Waals surface area (Å²) in [7, 11) is 0. The zero-order valence-corrected chi connectivity index (χ0v) is 10.6. The first kappa shape index (κ1) is 13.5. The zero-order chi connectivity index (χ0) is 11.8. The van der Waals surface area contributed by atoms with Gasteiger partial charge in [-0.3, -0.25) is 4.79 Å². The standard InChI is InChI=1S/C13H26N2O/c1-2-5-12-6-4-10-15(11-8-12)13(16)7-3-9-14/h12H,2-11,14H2,1H3. The van der Waals surface area contributed by atoms with Gasteiger partial charge in [0, 0.05) is 19.5 Å². The maximum absolute atomic E-state index is 11.8. The highest BCUT2D eigenvalue weighted by Gasteiger charge is 2.19. The van der Waals surface area contributed by atoms with E-state index < -0.39 is 0 Å². The topological polar surface area (TPSA) is 46.3 Å². The van der Waals surface area contributed by atoms with Crippen molar-refractivity contribution in [3.63, 3.8) is 0 Å². The number of carbonyl (C=O) groups is 1. The summed E-state index contributed by atoms with van der Waals surface area (Å²) < 4.78 is 0. The van der Waals surface area contributed by atoms with E-state index in [0.717, 1.165) is 25.4 Å². The molecule has 0 aromatic carbocycles. The van der Waals surface area contributed by atoms with Crippen LogP contribution in [0.1, 0.15) is 51.9 Å². The Balaban J connectivity index is 2.31. The normalized spacial score (nSPS) is 21.9. The van der Waals surface area contributed by atoms with Crippen LogP contribution in [0.3, 0.4) is 0 Å². The monoisotopic (exact) mass is 226 g/mol. The molecule has 0 bridgehead atoms. The highest BCUT2D eigenvalue weighted by Crippen LogP contribution is 2.22. The summed E-state index contributed by atoms with van der Waals surface area (Å²) in [6.07, 6.45) is 7.73. The van der Waals surface area contributed by atoms with Gasteiger partial charge in [0.25, 0.3) is 0 Å². The summed E-state index contributed by atoms with van der Waals surface area (Å²) >= 11 is 0. The number of likely N-dealkylation sites (tertiary alicyclic amines) is 1. The molecule has 0 aliphatic carbocycles. The Morgan fingerprint density at radius 2 is 2.19 bits per heavy atom. The number of amides is 1. The molecule has 1 fully saturated rings. The van der Waals surface area contributed by atoms with Crippen LogP contribution in [-0.2, 0) is 4.79 Å². The maximum Gasteiger partial charge on any atom is 0.222 e. The summed E-state index contributed by atoms with van der Waals surface area (Å²) in [4.78, 5) is 13.9. The first-order valence-electron chi connectivity index (χ1n) is 6.75. The van der Waals surface area contributed by atoms with Crippen molar-refractivity contribution < 1.29 is 4.79 Å². The molecule has 3 heteroatoms. The fourth-order valence-electron chi connectivity index (χ4n) is 2.52. The minimum absolute atomic E-state index is 0.308. The maximum atomic E-state index is 11.8. The SMILES string of the molecule is CCCC1CCCN(C(=O)CCCN)CC1. The Morgan fingerprint density at radius 1 is 1.38 bits per heavy atom. The van der Waals surface area contributed by atoms with Gasteiger partial charge in [-0.2, -0.15) is 0 Å². The average Bonchev–Trinajstić information content (AvgIpc) is 2.52. The van der Waals surface area contributed by atoms with E-state index in [1.54, 1.807) is 0 Å². The van der Waals surface area contributed by atoms with E-state index in [1.165, 1.54) is 32.1 Å². The molecular formula is C13H26N2O. The second-order valence-electron chi connectivity index (χ2n) is 4.86. The zero-order valence-electron chi connectivity index (χ0n) is 10.6. The van der Waals surface area contributed by atoms with Crippen molar-refractivity contribution in [1.82, 2.24) is 4.90 Å². The summed E-state index contributed by atoms with van der Waals surface area (Å²) in [6.45, 7) is 4.80. The molecule has 2 N–H and O–H groups in total. The molecule has 1 heterocycles. The molecule has 0 spiro atoms. The molecular weight excluding hydrogens is 200 g/mol. The molecule has 16 heavy (non-hydrogen) atoms. The van der Waals surface area contributed by atoms with Gasteiger partial charge in [0.1, 0.15) is 0 Å². The molecule has 1 saturated heterocycles. The number of carbonyl (C=O) groups excluding carboxylic acids is 1. The Bertz CT molecular complexity index is 206. The molecule has 0 radical (unpaired) electrons. The van der Waals surface area contributed by atoms with Crippen LogP contribution in [0.5, 0.6) is 0 Å². The smallest absolute Gasteiger partial charge is 0.222 e. The van der Waals surface area contributed by atoms with Crippen molar-refractivity contribution in [3.05, 3.63) is 0 Å². The molecule has 0 aromatic rings. The first-order chi connectivity index (χ1) is 7.77. The Hall–Kier alpha value is -0.570. The van der Waals surface area contributed by atoms with Gasteiger partial charge < -0.3 is 10.6 Å². The molecule has 0 aromatic heterocycles. The molecule has 1 aliphatic heterocycles. The average molecular weight is 226 g/mol. The van der Waals surface area contributed by atoms with Gasteiger partial charge in [0.05, 0.1) is 0 Å². The summed E-state index contributed by atoms with van der Waals surface area (Å²) in [5.74, 6) is 1.15. The predicted octanol–water partition coefficient (Wildman–Crippen LogP) is 2.15. The van der Waals surface area contributed by atoms with Crippen LogP contribution >= 0.6 is 0 Å². The van der Waals surface area contributed by atoms with Crippen LogP contribution in [0.4, 0.5) is 0 Å². The second kappa shape index (κ2) is 7.66. The highest BCUT2D eigenvalue weighted by atomic mass is 16.2. The van der Waals surface area contributed by atoms with E-state index in [4.69, 9.17) is 5.73 Å². The number of hydrogen-bond donors (Lipinski definition) is 1. The van der Waals surface area contributed by atoms with Gasteiger partial charge in [-0.15, -0.1) is 0 Å². The van der Waals surface area contributed by atoms with Crippen molar-refractivity contribution >= 4 is 5.91 Å². The Kier molecular flexibility index (Phi) is 6.46. The van der Waals surface area contributed by atoms with Gasteiger partial charge in [-0.25, -0.2) is 0 Å². The van der Waals surface area contributed by atoms with Crippen LogP contribution in [0, 0.1) is 5.92 Å². The highest BCUT2D eigenvalue weighted by molar-refractivity contribution is 5.76. The molecule has 1 atom stereocenters. The van der Waals surface area contributed by atoms with Crippen molar-refractivity contribution in [1.29, 1.82) is 0 Å². The number of rotatable bonds is 5. The van der Waals surface area contributed by atoms with E-state index >= 15 is 0 Å². The molecule has 94 valence electrons. The van der Waals surface area contributed by atoms with Crippen LogP contribution in [0.25, 0.3) is 0 Å². The predicted molar refractivity (Wildman–Crippen MR) is 67.1 cm³/mol. The Morgan fingerprint density at radius 3 is 2.88 bits per heavy atom. The van der Waals surface area contributed by atoms with E-state index in [-0.39, 0.29) is 0 Å². The minimum atomic E-state index is 0.308. The number of nitrogens with two attached hydrogens (primary N) is 1. The summed E-state index contributed by atoms with van der Waals surface area (Å²) in [5.41, 5.74) is 5.43. The van der Waals surface area contributed by atoms with Crippen LogP contribution in [-0.4, -0.2) is 30.4 Å². The summed E-state index contributed by atoms with van der Waals surface area (Å²) in [6, 6.07) is 0. The molecule has 1 rings (SSSR count). The van der Waals surface area contributed by atoms with E-state index in [0.29, 0.717) is 18.9 Å². The number of hydrogen-bond acceptors (Lipinski definition) is 2. The molecule has 1 amide bonds. The molecule has 0 saturated carbocycles. The van der Waals surface area contributed by atoms with Crippen molar-refractivity contribution in [3.8, 4) is 0 Å². The second-order valence-corrected chi connectivity index (χ2v) is 4.86. The van der Waals surface area contributed by atoms with Gasteiger partial charge in [-0.05, 0) is 38.1 Å². The third kappa shape index (κ3) is 4.52. The third-order valence-electron chi connectivity index (χ3n) is 3.49. The lowest BCUT2D eigenvalue weighted by molar-refractivity contribution is -0.131. The van der Waals surface area contributed by atoms with E-state index in [1.807, 2.05) is 4.90 Å². The molecule has 1 unspecified atom stereocenters. The van der Waals surface area contributed by atoms with Gasteiger partial charge in [-0.1, -0.05) is 19.8 Å². The molecule has 3 nitrogen and oxygen atoms in total. The lowest BCUT2D eigenvalue weighted by Crippen LogP contribution is -2.32. The fraction of sp³-hybridized carbons (Fsp3) is 0.923. The van der Waals surface area contributed by atoms with Gasteiger partial charge in [0.2, 0.25) is 5.91 Å². The van der Waals surface area contributed by atoms with Crippen LogP contribution in [0.15, 0.2) is 0 Å². The fourth-order valence-corrected chi connectivity index (χ4v) is 2.52. The minimum Gasteiger partial charge on any atom is -0.343 e. The number of nitrogens with zero attached hydrogens (tertiary/aromatic N) is 1. The molecule has 1 aliphatic rings. The van der Waals surface area contributed by atoms with Crippen molar-refractivity contribution in [2.45, 2.75) is 51.9 Å².